The van der Waals surface area contributed by atoms with E-state index in [1.165, 1.54) is 12.1 Å². The summed E-state index contributed by atoms with van der Waals surface area (Å²) >= 11 is 6.04. The summed E-state index contributed by atoms with van der Waals surface area (Å²) in [7, 11) is 0. The van der Waals surface area contributed by atoms with Crippen molar-refractivity contribution in [3.05, 3.63) is 70.5 Å². The number of nitrogens with zero attached hydrogens (tertiary/aromatic N) is 2. The second kappa shape index (κ2) is 10.1. The Morgan fingerprint density at radius 2 is 2.03 bits per heavy atom. The van der Waals surface area contributed by atoms with Crippen molar-refractivity contribution < 1.29 is 14.3 Å². The van der Waals surface area contributed by atoms with Crippen molar-refractivity contribution in [2.24, 2.45) is 0 Å². The van der Waals surface area contributed by atoms with Crippen LogP contribution in [-0.2, 0) is 11.3 Å². The molecule has 0 aromatic heterocycles. The van der Waals surface area contributed by atoms with Gasteiger partial charge in [-0.3, -0.25) is 9.69 Å². The minimum Gasteiger partial charge on any atom is -0.374 e. The van der Waals surface area contributed by atoms with Crippen molar-refractivity contribution >= 4 is 29.3 Å². The van der Waals surface area contributed by atoms with Crippen LogP contribution in [0.15, 0.2) is 48.5 Å². The van der Waals surface area contributed by atoms with Crippen LogP contribution in [0.2, 0.25) is 5.02 Å². The highest BCUT2D eigenvalue weighted by Crippen LogP contribution is 2.23. The molecular weight excluding hydrogens is 405 g/mol. The van der Waals surface area contributed by atoms with E-state index in [0.29, 0.717) is 17.3 Å². The Kier molecular flexibility index (Phi) is 7.48. The summed E-state index contributed by atoms with van der Waals surface area (Å²) in [6, 6.07) is 11.9. The van der Waals surface area contributed by atoms with Crippen molar-refractivity contribution in [1.82, 2.24) is 9.80 Å². The number of rotatable bonds is 6. The molecule has 1 heterocycles. The molecule has 1 aliphatic rings. The van der Waals surface area contributed by atoms with Gasteiger partial charge in [-0.25, -0.2) is 4.39 Å². The SMILES string of the molecule is CC(O)Nc1cc(Cl)ccc1/C=C/C(=O)N1CCN(Cc2ccc(F)cc2)C[C@H]1C. The van der Waals surface area contributed by atoms with Crippen LogP contribution in [0.3, 0.4) is 0 Å². The lowest BCUT2D eigenvalue weighted by Crippen LogP contribution is -2.53. The van der Waals surface area contributed by atoms with Gasteiger partial charge in [-0.05, 0) is 55.3 Å². The van der Waals surface area contributed by atoms with Gasteiger partial charge in [0, 0.05) is 49.0 Å². The maximum absolute atomic E-state index is 13.1. The predicted octanol–water partition coefficient (Wildman–Crippen LogP) is 3.98. The first-order valence-corrected chi connectivity index (χ1v) is 10.4. The average Bonchev–Trinajstić information content (AvgIpc) is 2.68. The Morgan fingerprint density at radius 3 is 2.70 bits per heavy atom. The third-order valence-corrected chi connectivity index (χ3v) is 5.33. The number of hydrogen-bond donors (Lipinski definition) is 2. The van der Waals surface area contributed by atoms with E-state index in [1.54, 1.807) is 49.4 Å². The van der Waals surface area contributed by atoms with E-state index in [4.69, 9.17) is 11.6 Å². The van der Waals surface area contributed by atoms with Crippen molar-refractivity contribution in [1.29, 1.82) is 0 Å². The molecule has 30 heavy (non-hydrogen) atoms. The quantitative estimate of drug-likeness (QED) is 0.536. The van der Waals surface area contributed by atoms with Gasteiger partial charge in [-0.2, -0.15) is 0 Å². The van der Waals surface area contributed by atoms with Gasteiger partial charge in [0.2, 0.25) is 5.91 Å². The lowest BCUT2D eigenvalue weighted by molar-refractivity contribution is -0.130. The molecule has 1 saturated heterocycles. The van der Waals surface area contributed by atoms with E-state index < -0.39 is 6.23 Å². The van der Waals surface area contributed by atoms with Crippen molar-refractivity contribution in [3.8, 4) is 0 Å². The zero-order valence-electron chi connectivity index (χ0n) is 17.2. The summed E-state index contributed by atoms with van der Waals surface area (Å²) in [5.41, 5.74) is 2.50. The number of hydrogen-bond acceptors (Lipinski definition) is 4. The highest BCUT2D eigenvalue weighted by Gasteiger charge is 2.26. The van der Waals surface area contributed by atoms with E-state index in [2.05, 4.69) is 10.2 Å². The van der Waals surface area contributed by atoms with Gasteiger partial charge in [0.25, 0.3) is 0 Å². The molecule has 1 amide bonds. The monoisotopic (exact) mass is 431 g/mol. The number of halogens is 2. The Bertz CT molecular complexity index is 902. The van der Waals surface area contributed by atoms with Crippen LogP contribution in [-0.4, -0.2) is 52.7 Å². The van der Waals surface area contributed by atoms with E-state index in [-0.39, 0.29) is 17.8 Å². The Morgan fingerprint density at radius 1 is 1.30 bits per heavy atom. The first-order valence-electron chi connectivity index (χ1n) is 10.0. The molecule has 1 fully saturated rings. The standard InChI is InChI=1S/C23H27ClFN3O2/c1-16-14-27(15-18-3-8-21(25)9-4-18)11-12-28(16)23(30)10-6-19-5-7-20(24)13-22(19)26-17(2)29/h3-10,13,16-17,26,29H,11-12,14-15H2,1-2H3/b10-6+/t16-,17?/m1/s1. The third-order valence-electron chi connectivity index (χ3n) is 5.10. The van der Waals surface area contributed by atoms with Crippen LogP contribution < -0.4 is 5.32 Å². The molecule has 3 rings (SSSR count). The predicted molar refractivity (Wildman–Crippen MR) is 119 cm³/mol. The van der Waals surface area contributed by atoms with E-state index in [0.717, 1.165) is 30.8 Å². The maximum Gasteiger partial charge on any atom is 0.246 e. The van der Waals surface area contributed by atoms with Crippen LogP contribution in [0.1, 0.15) is 25.0 Å². The lowest BCUT2D eigenvalue weighted by Gasteiger charge is -2.39. The van der Waals surface area contributed by atoms with Crippen molar-refractivity contribution in [2.45, 2.75) is 32.7 Å². The van der Waals surface area contributed by atoms with Crippen LogP contribution in [0.4, 0.5) is 10.1 Å². The summed E-state index contributed by atoms with van der Waals surface area (Å²) < 4.78 is 13.1. The van der Waals surface area contributed by atoms with Crippen LogP contribution in [0.25, 0.3) is 6.08 Å². The van der Waals surface area contributed by atoms with Crippen LogP contribution >= 0.6 is 11.6 Å². The molecule has 2 N–H and O–H groups in total. The van der Waals surface area contributed by atoms with Gasteiger partial charge >= 0.3 is 0 Å². The number of anilines is 1. The molecule has 5 nitrogen and oxygen atoms in total. The van der Waals surface area contributed by atoms with Gasteiger partial charge < -0.3 is 15.3 Å². The van der Waals surface area contributed by atoms with Gasteiger partial charge in [-0.1, -0.05) is 29.8 Å². The zero-order valence-corrected chi connectivity index (χ0v) is 17.9. The number of piperazine rings is 1. The fourth-order valence-corrected chi connectivity index (χ4v) is 3.80. The number of nitrogens with one attached hydrogen (secondary N) is 1. The lowest BCUT2D eigenvalue weighted by atomic mass is 10.1. The summed E-state index contributed by atoms with van der Waals surface area (Å²) in [4.78, 5) is 16.9. The molecule has 160 valence electrons. The Hall–Kier alpha value is -2.41. The van der Waals surface area contributed by atoms with Gasteiger partial charge in [-0.15, -0.1) is 0 Å². The van der Waals surface area contributed by atoms with Gasteiger partial charge in [0.05, 0.1) is 0 Å². The first-order chi connectivity index (χ1) is 14.3. The minimum absolute atomic E-state index is 0.0538. The smallest absolute Gasteiger partial charge is 0.246 e. The molecule has 2 aromatic rings. The molecule has 7 heteroatoms. The number of carbonyl (C=O) groups excluding carboxylic acids is 1. The number of carbonyl (C=O) groups is 1. The van der Waals surface area contributed by atoms with Crippen LogP contribution in [0, 0.1) is 5.82 Å². The second-order valence-electron chi connectivity index (χ2n) is 7.63. The molecule has 0 saturated carbocycles. The highest BCUT2D eigenvalue weighted by atomic mass is 35.5. The summed E-state index contributed by atoms with van der Waals surface area (Å²) in [6.07, 6.45) is 2.56. The van der Waals surface area contributed by atoms with E-state index in [1.807, 2.05) is 11.8 Å². The van der Waals surface area contributed by atoms with Gasteiger partial charge in [0.1, 0.15) is 12.0 Å². The zero-order chi connectivity index (χ0) is 21.7. The van der Waals surface area contributed by atoms with Crippen LogP contribution in [0.5, 0.6) is 0 Å². The number of amides is 1. The topological polar surface area (TPSA) is 55.8 Å². The Labute approximate surface area is 181 Å². The minimum atomic E-state index is -0.736. The maximum atomic E-state index is 13.1. The molecular formula is C23H27ClFN3O2. The normalized spacial score (nSPS) is 18.6. The molecule has 1 unspecified atom stereocenters. The number of benzene rings is 2. The molecule has 0 bridgehead atoms. The van der Waals surface area contributed by atoms with Gasteiger partial charge in [0.15, 0.2) is 0 Å². The van der Waals surface area contributed by atoms with E-state index in [9.17, 15) is 14.3 Å². The second-order valence-corrected chi connectivity index (χ2v) is 8.06. The number of aliphatic hydroxyl groups is 1. The third kappa shape index (κ3) is 6.05. The average molecular weight is 432 g/mol. The number of aliphatic hydroxyl groups excluding tert-OH is 1. The fourth-order valence-electron chi connectivity index (χ4n) is 3.63. The largest absolute Gasteiger partial charge is 0.374 e. The highest BCUT2D eigenvalue weighted by molar-refractivity contribution is 6.31. The molecule has 0 radical (unpaired) electrons. The molecule has 1 aliphatic heterocycles. The Balaban J connectivity index is 1.61. The first kappa shape index (κ1) is 22.3. The summed E-state index contributed by atoms with van der Waals surface area (Å²) in [5.74, 6) is -0.288. The fraction of sp³-hybridized carbons (Fsp3) is 0.348. The molecule has 2 atom stereocenters. The van der Waals surface area contributed by atoms with Crippen molar-refractivity contribution in [2.75, 3.05) is 25.0 Å². The summed E-state index contributed by atoms with van der Waals surface area (Å²) in [6.45, 7) is 6.54. The molecule has 0 aliphatic carbocycles. The summed E-state index contributed by atoms with van der Waals surface area (Å²) in [5, 5.41) is 13.1. The molecule has 0 spiro atoms. The van der Waals surface area contributed by atoms with E-state index >= 15 is 0 Å². The molecule has 2 aromatic carbocycles. The van der Waals surface area contributed by atoms with Crippen molar-refractivity contribution in [3.63, 3.8) is 0 Å².